The van der Waals surface area contributed by atoms with Gasteiger partial charge in [0.1, 0.15) is 9.96 Å². The molecule has 0 unspecified atom stereocenters. The van der Waals surface area contributed by atoms with Crippen LogP contribution in [0.3, 0.4) is 0 Å². The van der Waals surface area contributed by atoms with Gasteiger partial charge in [-0.3, -0.25) is 9.52 Å². The zero-order valence-corrected chi connectivity index (χ0v) is 23.2. The molecule has 198 valence electrons. The third-order valence-corrected chi connectivity index (χ3v) is 10.6. The number of thiophene rings is 1. The molecule has 1 amide bonds. The number of methoxy groups -OCH3 is 1. The van der Waals surface area contributed by atoms with E-state index < -0.39 is 26.0 Å². The van der Waals surface area contributed by atoms with Crippen LogP contribution in [0.2, 0.25) is 9.36 Å². The van der Waals surface area contributed by atoms with Crippen LogP contribution in [0.5, 0.6) is 5.75 Å². The van der Waals surface area contributed by atoms with Gasteiger partial charge in [0, 0.05) is 24.8 Å². The molecule has 0 atom stereocenters. The van der Waals surface area contributed by atoms with Gasteiger partial charge in [-0.25, -0.2) is 16.8 Å². The fraction of sp³-hybridized carbons (Fsp3) is 0.227. The van der Waals surface area contributed by atoms with Crippen molar-refractivity contribution < 1.29 is 31.1 Å². The Bertz CT molecular complexity index is 1520. The van der Waals surface area contributed by atoms with Gasteiger partial charge in [0.25, 0.3) is 15.9 Å². The van der Waals surface area contributed by atoms with E-state index in [1.807, 2.05) is 0 Å². The van der Waals surface area contributed by atoms with E-state index in [1.165, 1.54) is 59.9 Å². The molecule has 0 saturated carbocycles. The van der Waals surface area contributed by atoms with Crippen LogP contribution in [0.4, 0.5) is 11.4 Å². The highest BCUT2D eigenvalue weighted by Gasteiger charge is 2.27. The van der Waals surface area contributed by atoms with E-state index in [0.717, 1.165) is 11.3 Å². The van der Waals surface area contributed by atoms with Crippen molar-refractivity contribution in [1.82, 2.24) is 4.31 Å². The molecule has 10 nitrogen and oxygen atoms in total. The molecule has 4 rings (SSSR count). The zero-order chi connectivity index (χ0) is 26.8. The first-order valence-electron chi connectivity index (χ1n) is 10.7. The quantitative estimate of drug-likeness (QED) is 0.394. The first-order chi connectivity index (χ1) is 17.5. The predicted molar refractivity (Wildman–Crippen MR) is 142 cm³/mol. The standard InChI is InChI=1S/C22H21Cl2N3O7S3/c1-33-19-13-18(26-36(29,30)21-7-6-20(24)35-21)16(12-17(19)23)22(28)25-14-2-4-15(5-3-14)37(31,32)27-8-10-34-11-9-27/h2-7,12-13,26H,8-11H2,1H3,(H,25,28). The Morgan fingerprint density at radius 3 is 2.30 bits per heavy atom. The number of halogens is 2. The maximum absolute atomic E-state index is 13.1. The van der Waals surface area contributed by atoms with Gasteiger partial charge in [-0.15, -0.1) is 11.3 Å². The summed E-state index contributed by atoms with van der Waals surface area (Å²) in [5.74, 6) is -0.534. The molecular weight excluding hydrogens is 585 g/mol. The summed E-state index contributed by atoms with van der Waals surface area (Å²) < 4.78 is 65.7. The summed E-state index contributed by atoms with van der Waals surface area (Å²) in [7, 11) is -6.42. The van der Waals surface area contributed by atoms with E-state index in [1.54, 1.807) is 0 Å². The van der Waals surface area contributed by atoms with Crippen molar-refractivity contribution in [2.75, 3.05) is 43.5 Å². The van der Waals surface area contributed by atoms with Gasteiger partial charge in [0.05, 0.1) is 45.8 Å². The van der Waals surface area contributed by atoms with Crippen LogP contribution in [0, 0.1) is 0 Å². The minimum Gasteiger partial charge on any atom is -0.495 e. The van der Waals surface area contributed by atoms with Crippen molar-refractivity contribution in [3.05, 3.63) is 63.5 Å². The average molecular weight is 607 g/mol. The lowest BCUT2D eigenvalue weighted by Crippen LogP contribution is -2.40. The number of benzene rings is 2. The van der Waals surface area contributed by atoms with Gasteiger partial charge < -0.3 is 14.8 Å². The molecule has 0 spiro atoms. The van der Waals surface area contributed by atoms with Gasteiger partial charge in [-0.1, -0.05) is 23.2 Å². The topological polar surface area (TPSA) is 131 Å². The molecule has 1 fully saturated rings. The molecule has 3 aromatic rings. The lowest BCUT2D eigenvalue weighted by molar-refractivity contribution is 0.0730. The first kappa shape index (κ1) is 27.6. The Balaban J connectivity index is 1.59. The van der Waals surface area contributed by atoms with Gasteiger partial charge in [-0.2, -0.15) is 4.31 Å². The minimum atomic E-state index is -4.07. The fourth-order valence-electron chi connectivity index (χ4n) is 3.46. The van der Waals surface area contributed by atoms with Crippen molar-refractivity contribution >= 4 is 71.9 Å². The summed E-state index contributed by atoms with van der Waals surface area (Å²) in [5.41, 5.74) is 0.133. The van der Waals surface area contributed by atoms with Crippen molar-refractivity contribution in [2.24, 2.45) is 0 Å². The summed E-state index contributed by atoms with van der Waals surface area (Å²) in [6, 6.07) is 11.0. The van der Waals surface area contributed by atoms with Crippen LogP contribution in [0.1, 0.15) is 10.4 Å². The number of carbonyl (C=O) groups excluding carboxylic acids is 1. The summed E-state index contributed by atoms with van der Waals surface area (Å²) in [6.45, 7) is 1.16. The van der Waals surface area contributed by atoms with Crippen LogP contribution < -0.4 is 14.8 Å². The van der Waals surface area contributed by atoms with Crippen molar-refractivity contribution in [1.29, 1.82) is 0 Å². The third-order valence-electron chi connectivity index (χ3n) is 5.31. The lowest BCUT2D eigenvalue weighted by atomic mass is 10.1. The molecule has 0 radical (unpaired) electrons. The summed E-state index contributed by atoms with van der Waals surface area (Å²) in [6.07, 6.45) is 0. The second kappa shape index (κ2) is 11.2. The minimum absolute atomic E-state index is 0.0464. The monoisotopic (exact) mass is 605 g/mol. The maximum Gasteiger partial charge on any atom is 0.271 e. The van der Waals surface area contributed by atoms with E-state index in [4.69, 9.17) is 32.7 Å². The number of morpholine rings is 1. The van der Waals surface area contributed by atoms with Crippen LogP contribution in [-0.4, -0.2) is 60.5 Å². The van der Waals surface area contributed by atoms with Crippen LogP contribution in [0.25, 0.3) is 0 Å². The normalized spacial score (nSPS) is 14.8. The third kappa shape index (κ3) is 6.20. The number of amides is 1. The van der Waals surface area contributed by atoms with Crippen molar-refractivity contribution in [3.8, 4) is 5.75 Å². The van der Waals surface area contributed by atoms with Gasteiger partial charge in [-0.05, 0) is 42.5 Å². The van der Waals surface area contributed by atoms with E-state index in [2.05, 4.69) is 10.0 Å². The van der Waals surface area contributed by atoms with Gasteiger partial charge in [0.2, 0.25) is 10.0 Å². The summed E-state index contributed by atoms with van der Waals surface area (Å²) in [4.78, 5) is 13.2. The fourth-order valence-corrected chi connectivity index (χ4v) is 7.67. The molecule has 0 bridgehead atoms. The number of rotatable bonds is 8. The molecule has 2 N–H and O–H groups in total. The maximum atomic E-state index is 13.1. The van der Waals surface area contributed by atoms with E-state index >= 15 is 0 Å². The molecule has 0 aliphatic carbocycles. The van der Waals surface area contributed by atoms with E-state index in [9.17, 15) is 21.6 Å². The highest BCUT2D eigenvalue weighted by molar-refractivity contribution is 7.94. The first-order valence-corrected chi connectivity index (χ1v) is 15.2. The SMILES string of the molecule is COc1cc(NS(=O)(=O)c2ccc(Cl)s2)c(C(=O)Nc2ccc(S(=O)(=O)N3CCOCC3)cc2)cc1Cl. The van der Waals surface area contributed by atoms with Crippen LogP contribution in [0.15, 0.2) is 57.6 Å². The summed E-state index contributed by atoms with van der Waals surface area (Å²) in [5, 5.41) is 2.72. The number of sulfonamides is 2. The Hall–Kier alpha value is -2.39. The van der Waals surface area contributed by atoms with Gasteiger partial charge >= 0.3 is 0 Å². The summed E-state index contributed by atoms with van der Waals surface area (Å²) >= 11 is 12.9. The van der Waals surface area contributed by atoms with Crippen molar-refractivity contribution in [2.45, 2.75) is 9.10 Å². The number of nitrogens with zero attached hydrogens (tertiary/aromatic N) is 1. The van der Waals surface area contributed by atoms with Crippen LogP contribution >= 0.6 is 34.5 Å². The van der Waals surface area contributed by atoms with Crippen molar-refractivity contribution in [3.63, 3.8) is 0 Å². The Morgan fingerprint density at radius 1 is 1.03 bits per heavy atom. The molecular formula is C22H21Cl2N3O7S3. The molecule has 1 saturated heterocycles. The highest BCUT2D eigenvalue weighted by atomic mass is 35.5. The number of anilines is 2. The van der Waals surface area contributed by atoms with E-state index in [-0.39, 0.29) is 54.2 Å². The molecule has 15 heteroatoms. The predicted octanol–water partition coefficient (Wildman–Crippen LogP) is 4.14. The molecule has 37 heavy (non-hydrogen) atoms. The molecule has 2 aromatic carbocycles. The molecule has 2 heterocycles. The average Bonchev–Trinajstić information content (AvgIpc) is 3.33. The lowest BCUT2D eigenvalue weighted by Gasteiger charge is -2.26. The Labute approximate surface area is 228 Å². The van der Waals surface area contributed by atoms with Gasteiger partial charge in [0.15, 0.2) is 0 Å². The molecule has 1 aliphatic heterocycles. The molecule has 1 aliphatic rings. The number of hydrogen-bond acceptors (Lipinski definition) is 8. The van der Waals surface area contributed by atoms with E-state index in [0.29, 0.717) is 13.2 Å². The second-order valence-electron chi connectivity index (χ2n) is 7.69. The highest BCUT2D eigenvalue weighted by Crippen LogP contribution is 2.34. The number of carbonyl (C=O) groups is 1. The Morgan fingerprint density at radius 2 is 1.70 bits per heavy atom. The number of ether oxygens (including phenoxy) is 2. The number of nitrogens with one attached hydrogen (secondary N) is 2. The zero-order valence-electron chi connectivity index (χ0n) is 19.2. The van der Waals surface area contributed by atoms with Crippen LogP contribution in [-0.2, 0) is 24.8 Å². The Kier molecular flexibility index (Phi) is 8.33. The smallest absolute Gasteiger partial charge is 0.271 e. The second-order valence-corrected chi connectivity index (χ2v) is 13.7. The number of hydrogen-bond donors (Lipinski definition) is 2. The molecule has 1 aromatic heterocycles. The largest absolute Gasteiger partial charge is 0.495 e.